The first-order valence-corrected chi connectivity index (χ1v) is 11.1. The maximum atomic E-state index is 12.7. The lowest BCUT2D eigenvalue weighted by atomic mass is 10.1. The molecule has 0 radical (unpaired) electrons. The Morgan fingerprint density at radius 1 is 0.938 bits per heavy atom. The summed E-state index contributed by atoms with van der Waals surface area (Å²) >= 11 is 0. The number of hydrogen-bond acceptors (Lipinski definition) is 5. The summed E-state index contributed by atoms with van der Waals surface area (Å²) in [5.41, 5.74) is 2.72. The fourth-order valence-corrected chi connectivity index (χ4v) is 4.20. The van der Waals surface area contributed by atoms with E-state index in [1.807, 2.05) is 53.4 Å². The second-order valence-corrected chi connectivity index (χ2v) is 8.25. The molecule has 0 aliphatic carbocycles. The maximum absolute atomic E-state index is 12.7. The number of carbonyl (C=O) groups is 2. The van der Waals surface area contributed by atoms with E-state index in [1.165, 1.54) is 5.56 Å². The Balaban J connectivity index is 1.24. The molecule has 0 N–H and O–H groups in total. The summed E-state index contributed by atoms with van der Waals surface area (Å²) in [6.07, 6.45) is 2.42. The third-order valence-electron chi connectivity index (χ3n) is 6.01. The fourth-order valence-electron chi connectivity index (χ4n) is 4.20. The number of anilines is 1. The third kappa shape index (κ3) is 5.45. The van der Waals surface area contributed by atoms with Gasteiger partial charge in [0.25, 0.3) is 5.91 Å². The number of carbonyl (C=O) groups excluding carboxylic acids is 2. The van der Waals surface area contributed by atoms with E-state index in [0.717, 1.165) is 51.3 Å². The van der Waals surface area contributed by atoms with Crippen molar-refractivity contribution in [2.45, 2.75) is 25.8 Å². The standard InChI is InChI=1S/C25H28N4O3/c26-17-20-4-6-21(7-5-20)18-27-12-2-13-28(16-15-27)25(31)19-32-23-10-8-22(9-11-23)29-14-1-3-24(29)30/h4-11H,1-3,12-16,18-19H2. The van der Waals surface area contributed by atoms with Gasteiger partial charge in [-0.05, 0) is 54.8 Å². The van der Waals surface area contributed by atoms with Crippen LogP contribution in [0.1, 0.15) is 30.4 Å². The fraction of sp³-hybridized carbons (Fsp3) is 0.400. The molecule has 2 fully saturated rings. The molecular weight excluding hydrogens is 404 g/mol. The molecule has 4 rings (SSSR count). The van der Waals surface area contributed by atoms with E-state index in [0.29, 0.717) is 24.3 Å². The molecular formula is C25H28N4O3. The quantitative estimate of drug-likeness (QED) is 0.702. The second kappa shape index (κ2) is 10.3. The Labute approximate surface area is 188 Å². The number of ether oxygens (including phenoxy) is 1. The molecule has 7 heteroatoms. The van der Waals surface area contributed by atoms with Gasteiger partial charge < -0.3 is 14.5 Å². The van der Waals surface area contributed by atoms with Crippen LogP contribution in [0.5, 0.6) is 5.75 Å². The van der Waals surface area contributed by atoms with Crippen LogP contribution >= 0.6 is 0 Å². The molecule has 0 atom stereocenters. The van der Waals surface area contributed by atoms with E-state index < -0.39 is 0 Å². The van der Waals surface area contributed by atoms with Gasteiger partial charge in [0.2, 0.25) is 5.91 Å². The monoisotopic (exact) mass is 432 g/mol. The minimum atomic E-state index is -0.0102. The lowest BCUT2D eigenvalue weighted by Gasteiger charge is -2.22. The molecule has 2 saturated heterocycles. The number of nitrogens with zero attached hydrogens (tertiary/aromatic N) is 4. The number of benzene rings is 2. The van der Waals surface area contributed by atoms with Gasteiger partial charge in [-0.3, -0.25) is 14.5 Å². The van der Waals surface area contributed by atoms with E-state index >= 15 is 0 Å². The molecule has 0 bridgehead atoms. The van der Waals surface area contributed by atoms with Crippen molar-refractivity contribution < 1.29 is 14.3 Å². The summed E-state index contributed by atoms with van der Waals surface area (Å²) in [5, 5.41) is 8.93. The Hall–Kier alpha value is -3.37. The zero-order chi connectivity index (χ0) is 22.3. The van der Waals surface area contributed by atoms with E-state index in [1.54, 1.807) is 4.90 Å². The van der Waals surface area contributed by atoms with Gasteiger partial charge in [0.05, 0.1) is 11.6 Å². The second-order valence-electron chi connectivity index (χ2n) is 8.25. The van der Waals surface area contributed by atoms with Crippen LogP contribution in [0.3, 0.4) is 0 Å². The maximum Gasteiger partial charge on any atom is 0.260 e. The Bertz CT molecular complexity index is 982. The van der Waals surface area contributed by atoms with Crippen LogP contribution in [0, 0.1) is 11.3 Å². The molecule has 2 amide bonds. The molecule has 7 nitrogen and oxygen atoms in total. The molecule has 2 aliphatic heterocycles. The van der Waals surface area contributed by atoms with E-state index in [-0.39, 0.29) is 18.4 Å². The molecule has 0 unspecified atom stereocenters. The summed E-state index contributed by atoms with van der Waals surface area (Å²) in [6, 6.07) is 17.2. The van der Waals surface area contributed by atoms with Crippen LogP contribution in [0.25, 0.3) is 0 Å². The number of amides is 2. The van der Waals surface area contributed by atoms with Gasteiger partial charge in [-0.25, -0.2) is 0 Å². The van der Waals surface area contributed by atoms with Gasteiger partial charge in [-0.1, -0.05) is 12.1 Å². The normalized spacial score (nSPS) is 17.2. The number of nitriles is 1. The molecule has 166 valence electrons. The lowest BCUT2D eigenvalue weighted by molar-refractivity contribution is -0.133. The average Bonchev–Trinajstić information content (AvgIpc) is 3.11. The highest BCUT2D eigenvalue weighted by Crippen LogP contribution is 2.24. The smallest absolute Gasteiger partial charge is 0.260 e. The van der Waals surface area contributed by atoms with Gasteiger partial charge in [0.15, 0.2) is 6.61 Å². The summed E-state index contributed by atoms with van der Waals surface area (Å²) in [6.45, 7) is 4.73. The molecule has 0 saturated carbocycles. The van der Waals surface area contributed by atoms with Crippen molar-refractivity contribution in [3.63, 3.8) is 0 Å². The summed E-state index contributed by atoms with van der Waals surface area (Å²) < 4.78 is 5.72. The van der Waals surface area contributed by atoms with Crippen LogP contribution < -0.4 is 9.64 Å². The van der Waals surface area contributed by atoms with Crippen LogP contribution in [-0.4, -0.2) is 60.9 Å². The van der Waals surface area contributed by atoms with E-state index in [9.17, 15) is 9.59 Å². The van der Waals surface area contributed by atoms with Crippen molar-refractivity contribution in [2.75, 3.05) is 44.2 Å². The summed E-state index contributed by atoms with van der Waals surface area (Å²) in [4.78, 5) is 30.5. The first-order valence-electron chi connectivity index (χ1n) is 11.1. The van der Waals surface area contributed by atoms with Crippen molar-refractivity contribution in [1.82, 2.24) is 9.80 Å². The average molecular weight is 433 g/mol. The Morgan fingerprint density at radius 3 is 2.41 bits per heavy atom. The van der Waals surface area contributed by atoms with Crippen molar-refractivity contribution in [3.05, 3.63) is 59.7 Å². The molecule has 2 aliphatic rings. The first kappa shape index (κ1) is 21.8. The van der Waals surface area contributed by atoms with E-state index in [4.69, 9.17) is 10.00 Å². The number of rotatable bonds is 6. The predicted octanol–water partition coefficient (Wildman–Crippen LogP) is 2.80. The predicted molar refractivity (Wildman–Crippen MR) is 121 cm³/mol. The minimum Gasteiger partial charge on any atom is -0.484 e. The highest BCUT2D eigenvalue weighted by Gasteiger charge is 2.22. The van der Waals surface area contributed by atoms with Crippen molar-refractivity contribution in [1.29, 1.82) is 5.26 Å². The molecule has 0 aromatic heterocycles. The van der Waals surface area contributed by atoms with Crippen molar-refractivity contribution in [2.24, 2.45) is 0 Å². The topological polar surface area (TPSA) is 76.9 Å². The molecule has 0 spiro atoms. The minimum absolute atomic E-state index is 0.0102. The van der Waals surface area contributed by atoms with Crippen molar-refractivity contribution in [3.8, 4) is 11.8 Å². The molecule has 32 heavy (non-hydrogen) atoms. The Kier molecular flexibility index (Phi) is 7.03. The van der Waals surface area contributed by atoms with Crippen LogP contribution in [0.2, 0.25) is 0 Å². The van der Waals surface area contributed by atoms with Gasteiger partial charge >= 0.3 is 0 Å². The Morgan fingerprint density at radius 2 is 1.72 bits per heavy atom. The molecule has 2 aromatic rings. The van der Waals surface area contributed by atoms with Crippen LogP contribution in [0.4, 0.5) is 5.69 Å². The zero-order valence-electron chi connectivity index (χ0n) is 18.2. The lowest BCUT2D eigenvalue weighted by Crippen LogP contribution is -2.38. The summed E-state index contributed by atoms with van der Waals surface area (Å²) in [7, 11) is 0. The SMILES string of the molecule is N#Cc1ccc(CN2CCCN(C(=O)COc3ccc(N4CCCC4=O)cc3)CC2)cc1. The molecule has 2 aromatic carbocycles. The largest absolute Gasteiger partial charge is 0.484 e. The zero-order valence-corrected chi connectivity index (χ0v) is 18.2. The first-order chi connectivity index (χ1) is 15.6. The van der Waals surface area contributed by atoms with Crippen LogP contribution in [0.15, 0.2) is 48.5 Å². The molecule has 2 heterocycles. The van der Waals surface area contributed by atoms with Gasteiger partial charge in [-0.15, -0.1) is 0 Å². The third-order valence-corrected chi connectivity index (χ3v) is 6.01. The highest BCUT2D eigenvalue weighted by atomic mass is 16.5. The van der Waals surface area contributed by atoms with Gasteiger partial charge in [0, 0.05) is 51.4 Å². The van der Waals surface area contributed by atoms with Crippen LogP contribution in [-0.2, 0) is 16.1 Å². The van der Waals surface area contributed by atoms with Gasteiger partial charge in [-0.2, -0.15) is 5.26 Å². The van der Waals surface area contributed by atoms with E-state index in [2.05, 4.69) is 11.0 Å². The highest BCUT2D eigenvalue weighted by molar-refractivity contribution is 5.95. The summed E-state index contributed by atoms with van der Waals surface area (Å²) in [5.74, 6) is 0.776. The van der Waals surface area contributed by atoms with Gasteiger partial charge in [0.1, 0.15) is 5.75 Å². The number of hydrogen-bond donors (Lipinski definition) is 0. The van der Waals surface area contributed by atoms with Crippen molar-refractivity contribution >= 4 is 17.5 Å².